The quantitative estimate of drug-likeness (QED) is 0.707. The van der Waals surface area contributed by atoms with Crippen LogP contribution in [0.5, 0.6) is 0 Å². The van der Waals surface area contributed by atoms with Crippen molar-refractivity contribution in [3.8, 4) is 0 Å². The number of nitrogens with one attached hydrogen (secondary N) is 1. The number of rotatable bonds is 4. The van der Waals surface area contributed by atoms with Crippen LogP contribution in [0.15, 0.2) is 25.6 Å². The maximum absolute atomic E-state index is 12.6. The maximum Gasteiger partial charge on any atom is 0.244 e. The van der Waals surface area contributed by atoms with Crippen molar-refractivity contribution in [2.75, 3.05) is 18.0 Å². The van der Waals surface area contributed by atoms with Gasteiger partial charge in [-0.05, 0) is 69.8 Å². The molecule has 1 fully saturated rings. The Morgan fingerprint density at radius 3 is 2.55 bits per heavy atom. The molecular formula is C14H17Br3N2O. The minimum absolute atomic E-state index is 0.0638. The molecule has 1 amide bonds. The third kappa shape index (κ3) is 3.64. The summed E-state index contributed by atoms with van der Waals surface area (Å²) in [5.74, 6) is 0.161. The predicted molar refractivity (Wildman–Crippen MR) is 93.2 cm³/mol. The summed E-state index contributed by atoms with van der Waals surface area (Å²) < 4.78 is 2.82. The molecule has 1 saturated heterocycles. The van der Waals surface area contributed by atoms with E-state index in [9.17, 15) is 4.79 Å². The lowest BCUT2D eigenvalue weighted by Gasteiger charge is -2.34. The van der Waals surface area contributed by atoms with E-state index in [0.717, 1.165) is 51.5 Å². The molecule has 1 aliphatic rings. The van der Waals surface area contributed by atoms with Gasteiger partial charge in [0.05, 0.1) is 11.7 Å². The zero-order chi connectivity index (χ0) is 14.7. The molecule has 2 rings (SSSR count). The van der Waals surface area contributed by atoms with E-state index in [0.29, 0.717) is 0 Å². The van der Waals surface area contributed by atoms with Gasteiger partial charge >= 0.3 is 0 Å². The second-order valence-electron chi connectivity index (χ2n) is 4.86. The van der Waals surface area contributed by atoms with Crippen molar-refractivity contribution >= 4 is 59.4 Å². The highest BCUT2D eigenvalue weighted by atomic mass is 79.9. The summed E-state index contributed by atoms with van der Waals surface area (Å²) in [6.45, 7) is 3.76. The summed E-state index contributed by atoms with van der Waals surface area (Å²) in [6, 6.07) is 3.87. The fourth-order valence-corrected chi connectivity index (χ4v) is 5.08. The third-order valence-electron chi connectivity index (χ3n) is 3.33. The minimum Gasteiger partial charge on any atom is -0.309 e. The van der Waals surface area contributed by atoms with Crippen LogP contribution in [0.25, 0.3) is 0 Å². The number of piperidine rings is 1. The van der Waals surface area contributed by atoms with Crippen LogP contribution in [-0.2, 0) is 4.79 Å². The molecule has 0 aliphatic carbocycles. The first kappa shape index (κ1) is 16.5. The Labute approximate surface area is 144 Å². The summed E-state index contributed by atoms with van der Waals surface area (Å²) >= 11 is 10.6. The van der Waals surface area contributed by atoms with Crippen LogP contribution in [0.4, 0.5) is 5.69 Å². The Bertz CT molecular complexity index is 484. The molecule has 1 aromatic carbocycles. The largest absolute Gasteiger partial charge is 0.309 e. The van der Waals surface area contributed by atoms with E-state index in [1.807, 2.05) is 17.0 Å². The molecule has 0 spiro atoms. The number of anilines is 1. The molecule has 110 valence electrons. The molecule has 0 aromatic heterocycles. The Morgan fingerprint density at radius 1 is 1.30 bits per heavy atom. The van der Waals surface area contributed by atoms with Gasteiger partial charge in [0.1, 0.15) is 0 Å². The van der Waals surface area contributed by atoms with Crippen LogP contribution in [0, 0.1) is 0 Å². The minimum atomic E-state index is -0.0638. The average Bonchev–Trinajstić information content (AvgIpc) is 2.38. The Balaban J connectivity index is 2.26. The average molecular weight is 469 g/mol. The maximum atomic E-state index is 12.6. The molecule has 3 nitrogen and oxygen atoms in total. The zero-order valence-corrected chi connectivity index (χ0v) is 16.0. The van der Waals surface area contributed by atoms with Gasteiger partial charge in [-0.2, -0.15) is 0 Å². The van der Waals surface area contributed by atoms with Crippen LogP contribution < -0.4 is 10.2 Å². The molecule has 1 N–H and O–H groups in total. The fourth-order valence-electron chi connectivity index (χ4n) is 2.40. The Kier molecular flexibility index (Phi) is 6.08. The molecule has 1 heterocycles. The van der Waals surface area contributed by atoms with Gasteiger partial charge in [-0.25, -0.2) is 0 Å². The molecule has 1 aromatic rings. The van der Waals surface area contributed by atoms with Gasteiger partial charge in [0.25, 0.3) is 0 Å². The van der Waals surface area contributed by atoms with E-state index < -0.39 is 0 Å². The van der Waals surface area contributed by atoms with Crippen molar-refractivity contribution in [3.05, 3.63) is 25.6 Å². The number of carbonyl (C=O) groups is 1. The first-order valence-corrected chi connectivity index (χ1v) is 9.11. The summed E-state index contributed by atoms with van der Waals surface area (Å²) in [7, 11) is 0. The van der Waals surface area contributed by atoms with E-state index in [2.05, 4.69) is 60.0 Å². The van der Waals surface area contributed by atoms with Gasteiger partial charge in [0.2, 0.25) is 5.91 Å². The zero-order valence-electron chi connectivity index (χ0n) is 11.3. The van der Waals surface area contributed by atoms with Crippen molar-refractivity contribution in [2.45, 2.75) is 32.2 Å². The number of hydrogen-bond donors (Lipinski definition) is 1. The van der Waals surface area contributed by atoms with Gasteiger partial charge < -0.3 is 10.2 Å². The first-order chi connectivity index (χ1) is 9.54. The predicted octanol–water partition coefficient (Wildman–Crippen LogP) is 4.47. The SMILES string of the molecule is CCCNC1CCCN(c2c(Br)cc(Br)cc2Br)C1=O. The summed E-state index contributed by atoms with van der Waals surface area (Å²) in [5.41, 5.74) is 0.918. The molecule has 0 bridgehead atoms. The van der Waals surface area contributed by atoms with Gasteiger partial charge in [0, 0.05) is 20.0 Å². The van der Waals surface area contributed by atoms with E-state index in [1.165, 1.54) is 0 Å². The summed E-state index contributed by atoms with van der Waals surface area (Å²) in [4.78, 5) is 14.5. The van der Waals surface area contributed by atoms with Gasteiger partial charge in [-0.3, -0.25) is 4.79 Å². The van der Waals surface area contributed by atoms with Crippen LogP contribution in [0.2, 0.25) is 0 Å². The van der Waals surface area contributed by atoms with E-state index in [1.54, 1.807) is 0 Å². The molecule has 1 aliphatic heterocycles. The standard InChI is InChI=1S/C14H17Br3N2O/c1-2-5-18-12-4-3-6-19(14(12)20)13-10(16)7-9(15)8-11(13)17/h7-8,12,18H,2-6H2,1H3. The lowest BCUT2D eigenvalue weighted by Crippen LogP contribution is -2.51. The second kappa shape index (κ2) is 7.38. The first-order valence-electron chi connectivity index (χ1n) is 6.74. The monoisotopic (exact) mass is 466 g/mol. The number of benzene rings is 1. The van der Waals surface area contributed by atoms with E-state index in [4.69, 9.17) is 0 Å². The number of halogens is 3. The van der Waals surface area contributed by atoms with Crippen molar-refractivity contribution in [2.24, 2.45) is 0 Å². The lowest BCUT2D eigenvalue weighted by atomic mass is 10.0. The normalized spacial score (nSPS) is 19.5. The summed E-state index contributed by atoms with van der Waals surface area (Å²) in [6.07, 6.45) is 2.97. The van der Waals surface area contributed by atoms with Crippen LogP contribution in [0.3, 0.4) is 0 Å². The Morgan fingerprint density at radius 2 is 1.95 bits per heavy atom. The topological polar surface area (TPSA) is 32.3 Å². The third-order valence-corrected chi connectivity index (χ3v) is 5.00. The van der Waals surface area contributed by atoms with Crippen molar-refractivity contribution < 1.29 is 4.79 Å². The van der Waals surface area contributed by atoms with Crippen LogP contribution in [0.1, 0.15) is 26.2 Å². The fraction of sp³-hybridized carbons (Fsp3) is 0.500. The molecular weight excluding hydrogens is 452 g/mol. The molecule has 1 unspecified atom stereocenters. The van der Waals surface area contributed by atoms with Crippen molar-refractivity contribution in [3.63, 3.8) is 0 Å². The molecule has 0 saturated carbocycles. The van der Waals surface area contributed by atoms with Crippen molar-refractivity contribution in [1.82, 2.24) is 5.32 Å². The molecule has 20 heavy (non-hydrogen) atoms. The van der Waals surface area contributed by atoms with Crippen molar-refractivity contribution in [1.29, 1.82) is 0 Å². The molecule has 6 heteroatoms. The van der Waals surface area contributed by atoms with Crippen LogP contribution >= 0.6 is 47.8 Å². The van der Waals surface area contributed by atoms with E-state index in [-0.39, 0.29) is 11.9 Å². The Hall–Kier alpha value is 0.0900. The van der Waals surface area contributed by atoms with Gasteiger partial charge in [-0.1, -0.05) is 22.9 Å². The number of carbonyl (C=O) groups excluding carboxylic acids is 1. The van der Waals surface area contributed by atoms with Gasteiger partial charge in [0.15, 0.2) is 0 Å². The molecule has 0 radical (unpaired) electrons. The molecule has 1 atom stereocenters. The highest BCUT2D eigenvalue weighted by Crippen LogP contribution is 2.38. The highest BCUT2D eigenvalue weighted by molar-refractivity contribution is 9.11. The number of amides is 1. The number of hydrogen-bond acceptors (Lipinski definition) is 2. The van der Waals surface area contributed by atoms with Gasteiger partial charge in [-0.15, -0.1) is 0 Å². The number of nitrogens with zero attached hydrogens (tertiary/aromatic N) is 1. The lowest BCUT2D eigenvalue weighted by molar-refractivity contribution is -0.121. The van der Waals surface area contributed by atoms with Crippen LogP contribution in [-0.4, -0.2) is 25.0 Å². The summed E-state index contributed by atoms with van der Waals surface area (Å²) in [5, 5.41) is 3.34. The second-order valence-corrected chi connectivity index (χ2v) is 7.48. The highest BCUT2D eigenvalue weighted by Gasteiger charge is 2.31. The van der Waals surface area contributed by atoms with E-state index >= 15 is 0 Å². The smallest absolute Gasteiger partial charge is 0.244 e.